The minimum absolute atomic E-state index is 0.189. The Morgan fingerprint density at radius 2 is 1.84 bits per heavy atom. The molecule has 1 amide bonds. The van der Waals surface area contributed by atoms with Gasteiger partial charge >= 0.3 is 6.09 Å². The quantitative estimate of drug-likeness (QED) is 0.573. The van der Waals surface area contributed by atoms with Crippen LogP contribution >= 0.6 is 0 Å². The fourth-order valence-corrected chi connectivity index (χ4v) is 5.78. The Labute approximate surface area is 182 Å². The first kappa shape index (κ1) is 21.2. The fourth-order valence-electron chi connectivity index (χ4n) is 4.13. The van der Waals surface area contributed by atoms with Gasteiger partial charge in [0.2, 0.25) is 0 Å². The number of carbonyl (C=O) groups is 1. The summed E-state index contributed by atoms with van der Waals surface area (Å²) in [4.78, 5) is 16.6. The first-order chi connectivity index (χ1) is 14.8. The Bertz CT molecular complexity index is 1190. The maximum atomic E-state index is 13.7. The number of anilines is 2. The third-order valence-electron chi connectivity index (χ3n) is 5.47. The number of fused-ring (bicyclic) bond motifs is 1. The van der Waals surface area contributed by atoms with Gasteiger partial charge < -0.3 is 9.72 Å². The molecule has 1 aromatic heterocycles. The van der Waals surface area contributed by atoms with Crippen molar-refractivity contribution in [3.63, 3.8) is 0 Å². The second-order valence-corrected chi connectivity index (χ2v) is 10.1. The molecule has 0 saturated carbocycles. The number of sulfonamides is 1. The molecule has 7 nitrogen and oxygen atoms in total. The van der Waals surface area contributed by atoms with Gasteiger partial charge in [-0.05, 0) is 67.8 Å². The summed E-state index contributed by atoms with van der Waals surface area (Å²) in [5.74, 6) is 0.340. The zero-order valence-electron chi connectivity index (χ0n) is 17.9. The first-order valence-electron chi connectivity index (χ1n) is 10.4. The molecule has 164 valence electrons. The van der Waals surface area contributed by atoms with Crippen molar-refractivity contribution in [2.24, 2.45) is 5.92 Å². The summed E-state index contributed by atoms with van der Waals surface area (Å²) < 4.78 is 34.0. The van der Waals surface area contributed by atoms with Crippen molar-refractivity contribution in [1.82, 2.24) is 4.98 Å². The van der Waals surface area contributed by atoms with Gasteiger partial charge in [-0.25, -0.2) is 13.2 Å². The molecule has 1 saturated heterocycles. The average molecular weight is 442 g/mol. The fraction of sp³-hybridized carbons (Fsp3) is 0.348. The number of ether oxygens (including phenoxy) is 1. The van der Waals surface area contributed by atoms with E-state index < -0.39 is 16.1 Å². The molecule has 1 fully saturated rings. The van der Waals surface area contributed by atoms with Crippen LogP contribution in [-0.2, 0) is 14.8 Å². The smallest absolute Gasteiger partial charge is 0.414 e. The molecule has 1 aliphatic heterocycles. The first-order valence-corrected chi connectivity index (χ1v) is 11.9. The van der Waals surface area contributed by atoms with Crippen LogP contribution in [0.5, 0.6) is 0 Å². The molecular weight excluding hydrogens is 414 g/mol. The molecule has 0 spiro atoms. The maximum absolute atomic E-state index is 13.7. The monoisotopic (exact) mass is 441 g/mol. The number of nitrogens with one attached hydrogen (secondary N) is 1. The van der Waals surface area contributed by atoms with Gasteiger partial charge in [-0.1, -0.05) is 13.8 Å². The van der Waals surface area contributed by atoms with Crippen LogP contribution in [0.25, 0.3) is 10.9 Å². The third-order valence-corrected chi connectivity index (χ3v) is 7.43. The Morgan fingerprint density at radius 1 is 1.10 bits per heavy atom. The Hall–Kier alpha value is -3.00. The number of rotatable bonds is 7. The van der Waals surface area contributed by atoms with Crippen molar-refractivity contribution >= 4 is 38.4 Å². The van der Waals surface area contributed by atoms with Gasteiger partial charge in [0.15, 0.2) is 0 Å². The number of aromatic nitrogens is 1. The lowest BCUT2D eigenvalue weighted by atomic mass is 10.0. The summed E-state index contributed by atoms with van der Waals surface area (Å²) in [6.07, 6.45) is 2.15. The second-order valence-electron chi connectivity index (χ2n) is 8.29. The normalized spacial score (nSPS) is 15.5. The molecule has 1 atom stereocenters. The van der Waals surface area contributed by atoms with Crippen molar-refractivity contribution in [1.29, 1.82) is 0 Å². The van der Waals surface area contributed by atoms with E-state index >= 15 is 0 Å². The van der Waals surface area contributed by atoms with Crippen molar-refractivity contribution in [3.05, 3.63) is 54.7 Å². The van der Waals surface area contributed by atoms with Gasteiger partial charge in [-0.15, -0.1) is 0 Å². The van der Waals surface area contributed by atoms with Gasteiger partial charge in [0.1, 0.15) is 6.61 Å². The number of carbonyl (C=O) groups excluding carboxylic acids is 1. The number of hydrogen-bond donors (Lipinski definition) is 1. The summed E-state index contributed by atoms with van der Waals surface area (Å²) in [5.41, 5.74) is 2.21. The largest absolute Gasteiger partial charge is 0.447 e. The van der Waals surface area contributed by atoms with Gasteiger partial charge in [0.05, 0.1) is 17.1 Å². The Balaban J connectivity index is 1.73. The summed E-state index contributed by atoms with van der Waals surface area (Å²) >= 11 is 0. The highest BCUT2D eigenvalue weighted by Crippen LogP contribution is 2.32. The van der Waals surface area contributed by atoms with Crippen molar-refractivity contribution in [3.8, 4) is 0 Å². The molecule has 0 radical (unpaired) electrons. The Kier molecular flexibility index (Phi) is 5.66. The molecule has 4 rings (SSSR count). The van der Waals surface area contributed by atoms with Crippen LogP contribution in [0.1, 0.15) is 27.2 Å². The summed E-state index contributed by atoms with van der Waals surface area (Å²) in [6, 6.07) is 13.8. The molecule has 1 N–H and O–H groups in total. The molecule has 0 bridgehead atoms. The molecule has 8 heteroatoms. The van der Waals surface area contributed by atoms with Crippen LogP contribution in [0.2, 0.25) is 0 Å². The Morgan fingerprint density at radius 3 is 2.48 bits per heavy atom. The van der Waals surface area contributed by atoms with Crippen LogP contribution in [0.4, 0.5) is 16.2 Å². The van der Waals surface area contributed by atoms with Crippen molar-refractivity contribution < 1.29 is 17.9 Å². The highest BCUT2D eigenvalue weighted by molar-refractivity contribution is 7.92. The highest BCUT2D eigenvalue weighted by atomic mass is 32.2. The zero-order chi connectivity index (χ0) is 22.2. The molecule has 1 unspecified atom stereocenters. The molecule has 3 aromatic rings. The average Bonchev–Trinajstić information content (AvgIpc) is 3.35. The molecule has 2 heterocycles. The SMILES string of the molecule is CC(C)CC(C)N(c1ccc2[nH]ccc2c1)S(=O)(=O)c1ccc(N2CCOC2=O)cc1. The number of H-pyrrole nitrogens is 1. The summed E-state index contributed by atoms with van der Waals surface area (Å²) in [6.45, 7) is 6.90. The van der Waals surface area contributed by atoms with E-state index in [9.17, 15) is 13.2 Å². The van der Waals surface area contributed by atoms with Gasteiger partial charge in [0, 0.05) is 28.8 Å². The molecule has 2 aromatic carbocycles. The maximum Gasteiger partial charge on any atom is 0.414 e. The molecule has 31 heavy (non-hydrogen) atoms. The zero-order valence-corrected chi connectivity index (χ0v) is 18.7. The van der Waals surface area contributed by atoms with E-state index in [0.29, 0.717) is 30.4 Å². The van der Waals surface area contributed by atoms with Crippen LogP contribution in [-0.4, -0.2) is 38.7 Å². The van der Waals surface area contributed by atoms with E-state index in [0.717, 1.165) is 17.3 Å². The molecule has 1 aliphatic rings. The lowest BCUT2D eigenvalue weighted by molar-refractivity contribution is 0.181. The van der Waals surface area contributed by atoms with E-state index in [1.54, 1.807) is 24.3 Å². The van der Waals surface area contributed by atoms with E-state index in [2.05, 4.69) is 18.8 Å². The minimum Gasteiger partial charge on any atom is -0.447 e. The van der Waals surface area contributed by atoms with Crippen LogP contribution in [0.3, 0.4) is 0 Å². The predicted molar refractivity (Wildman–Crippen MR) is 122 cm³/mol. The number of hydrogen-bond acceptors (Lipinski definition) is 4. The van der Waals surface area contributed by atoms with Crippen LogP contribution < -0.4 is 9.21 Å². The number of amides is 1. The standard InChI is InChI=1S/C23H27N3O4S/c1-16(2)14-17(3)26(20-6-9-22-18(15-20)10-11-24-22)31(28,29)21-7-4-19(5-8-21)25-12-13-30-23(25)27/h4-11,15-17,24H,12-14H2,1-3H3. The van der Waals surface area contributed by atoms with E-state index in [4.69, 9.17) is 4.74 Å². The van der Waals surface area contributed by atoms with Crippen LogP contribution in [0.15, 0.2) is 59.6 Å². The van der Waals surface area contributed by atoms with Crippen molar-refractivity contribution in [2.45, 2.75) is 38.1 Å². The molecular formula is C23H27N3O4S. The number of cyclic esters (lactones) is 1. The third kappa shape index (κ3) is 4.12. The van der Waals surface area contributed by atoms with Gasteiger partial charge in [0.25, 0.3) is 10.0 Å². The summed E-state index contributed by atoms with van der Waals surface area (Å²) in [5, 5.41) is 0.956. The topological polar surface area (TPSA) is 82.7 Å². The van der Waals surface area contributed by atoms with E-state index in [-0.39, 0.29) is 10.9 Å². The lowest BCUT2D eigenvalue weighted by Gasteiger charge is -2.32. The second kappa shape index (κ2) is 8.26. The van der Waals surface area contributed by atoms with E-state index in [1.807, 2.05) is 37.4 Å². The van der Waals surface area contributed by atoms with Gasteiger partial charge in [-0.3, -0.25) is 9.21 Å². The van der Waals surface area contributed by atoms with Crippen LogP contribution in [0, 0.1) is 5.92 Å². The lowest BCUT2D eigenvalue weighted by Crippen LogP contribution is -2.39. The predicted octanol–water partition coefficient (Wildman–Crippen LogP) is 4.75. The van der Waals surface area contributed by atoms with Gasteiger partial charge in [-0.2, -0.15) is 0 Å². The molecule has 0 aliphatic carbocycles. The minimum atomic E-state index is -3.82. The van der Waals surface area contributed by atoms with Crippen molar-refractivity contribution in [2.75, 3.05) is 22.4 Å². The highest BCUT2D eigenvalue weighted by Gasteiger charge is 2.31. The summed E-state index contributed by atoms with van der Waals surface area (Å²) in [7, 11) is -3.82. The number of aromatic amines is 1. The van der Waals surface area contributed by atoms with E-state index in [1.165, 1.54) is 9.21 Å². The number of nitrogens with zero attached hydrogens (tertiary/aromatic N) is 2. The number of benzene rings is 2.